The van der Waals surface area contributed by atoms with E-state index in [1.54, 1.807) is 12.1 Å². The van der Waals surface area contributed by atoms with Crippen LogP contribution in [0.5, 0.6) is 0 Å². The molecule has 0 atom stereocenters. The van der Waals surface area contributed by atoms with Crippen LogP contribution in [0.3, 0.4) is 0 Å². The molecule has 1 aromatic carbocycles. The number of nitriles is 1. The largest absolute Gasteiger partial charge is 0.244 e. The number of nitrogens with zero attached hydrogens (tertiary/aromatic N) is 2. The Morgan fingerprint density at radius 3 is 2.33 bits per heavy atom. The van der Waals surface area contributed by atoms with Crippen LogP contribution < -0.4 is 0 Å². The summed E-state index contributed by atoms with van der Waals surface area (Å²) >= 11 is 0. The molecule has 0 aliphatic rings. The SMILES string of the molecule is CN(CC(C)(C)C)S(=O)(=O)c1ccccc1C#N. The summed E-state index contributed by atoms with van der Waals surface area (Å²) in [6, 6.07) is 8.17. The molecule has 0 aliphatic heterocycles. The first kappa shape index (κ1) is 14.7. The molecule has 0 N–H and O–H groups in total. The molecule has 0 unspecified atom stereocenters. The minimum absolute atomic E-state index is 0.0688. The van der Waals surface area contributed by atoms with E-state index in [9.17, 15) is 8.42 Å². The van der Waals surface area contributed by atoms with Crippen LogP contribution in [-0.2, 0) is 10.0 Å². The van der Waals surface area contributed by atoms with Crippen molar-refractivity contribution < 1.29 is 8.42 Å². The summed E-state index contributed by atoms with van der Waals surface area (Å²) in [6.07, 6.45) is 0. The van der Waals surface area contributed by atoms with Gasteiger partial charge in [0.1, 0.15) is 6.07 Å². The lowest BCUT2D eigenvalue weighted by Gasteiger charge is -2.26. The average Bonchev–Trinajstić information content (AvgIpc) is 2.26. The lowest BCUT2D eigenvalue weighted by molar-refractivity contribution is 0.310. The fourth-order valence-electron chi connectivity index (χ4n) is 1.70. The fraction of sp³-hybridized carbons (Fsp3) is 0.462. The molecule has 0 saturated carbocycles. The molecule has 4 nitrogen and oxygen atoms in total. The lowest BCUT2D eigenvalue weighted by Crippen LogP contribution is -2.34. The lowest BCUT2D eigenvalue weighted by atomic mass is 9.97. The van der Waals surface area contributed by atoms with Crippen molar-refractivity contribution in [1.82, 2.24) is 4.31 Å². The van der Waals surface area contributed by atoms with E-state index in [-0.39, 0.29) is 15.9 Å². The third-order valence-electron chi connectivity index (χ3n) is 2.39. The monoisotopic (exact) mass is 266 g/mol. The maximum absolute atomic E-state index is 12.4. The number of rotatable bonds is 3. The Balaban J connectivity index is 3.19. The third-order valence-corrected chi connectivity index (χ3v) is 4.25. The van der Waals surface area contributed by atoms with Gasteiger partial charge in [0.25, 0.3) is 0 Å². The highest BCUT2D eigenvalue weighted by Crippen LogP contribution is 2.22. The van der Waals surface area contributed by atoms with Gasteiger partial charge in [-0.25, -0.2) is 12.7 Å². The Morgan fingerprint density at radius 1 is 1.28 bits per heavy atom. The topological polar surface area (TPSA) is 61.2 Å². The highest BCUT2D eigenvalue weighted by atomic mass is 32.2. The molecule has 1 aromatic rings. The Bertz CT molecular complexity index is 565. The molecule has 0 radical (unpaired) electrons. The summed E-state index contributed by atoms with van der Waals surface area (Å²) in [5.74, 6) is 0. The molecule has 0 bridgehead atoms. The van der Waals surface area contributed by atoms with Crippen molar-refractivity contribution in [2.45, 2.75) is 25.7 Å². The molecule has 0 aliphatic carbocycles. The van der Waals surface area contributed by atoms with Crippen LogP contribution in [0, 0.1) is 16.7 Å². The second kappa shape index (κ2) is 5.09. The smallest absolute Gasteiger partial charge is 0.207 e. The van der Waals surface area contributed by atoms with Crippen molar-refractivity contribution in [2.75, 3.05) is 13.6 Å². The zero-order valence-corrected chi connectivity index (χ0v) is 12.0. The number of benzene rings is 1. The molecule has 5 heteroatoms. The molecule has 0 amide bonds. The molecular weight excluding hydrogens is 248 g/mol. The third kappa shape index (κ3) is 3.31. The maximum Gasteiger partial charge on any atom is 0.244 e. The van der Waals surface area contributed by atoms with Gasteiger partial charge in [0.15, 0.2) is 0 Å². The van der Waals surface area contributed by atoms with Crippen molar-refractivity contribution in [3.63, 3.8) is 0 Å². The first-order chi connectivity index (χ1) is 8.18. The molecule has 98 valence electrons. The highest BCUT2D eigenvalue weighted by Gasteiger charge is 2.27. The molecule has 0 fully saturated rings. The maximum atomic E-state index is 12.4. The minimum atomic E-state index is -3.60. The Kier molecular flexibility index (Phi) is 4.15. The van der Waals surface area contributed by atoms with Gasteiger partial charge in [-0.05, 0) is 17.5 Å². The van der Waals surface area contributed by atoms with E-state index in [2.05, 4.69) is 0 Å². The molecule has 0 heterocycles. The Hall–Kier alpha value is -1.38. The van der Waals surface area contributed by atoms with Crippen LogP contribution in [0.1, 0.15) is 26.3 Å². The quantitative estimate of drug-likeness (QED) is 0.842. The van der Waals surface area contributed by atoms with E-state index in [1.807, 2.05) is 26.8 Å². The molecule has 18 heavy (non-hydrogen) atoms. The second-order valence-electron chi connectivity index (χ2n) is 5.43. The van der Waals surface area contributed by atoms with E-state index in [0.29, 0.717) is 6.54 Å². The van der Waals surface area contributed by atoms with E-state index < -0.39 is 10.0 Å². The molecular formula is C13H18N2O2S. The van der Waals surface area contributed by atoms with Crippen molar-refractivity contribution in [3.8, 4) is 6.07 Å². The van der Waals surface area contributed by atoms with Gasteiger partial charge in [-0.15, -0.1) is 0 Å². The summed E-state index contributed by atoms with van der Waals surface area (Å²) < 4.78 is 26.0. The number of hydrogen-bond donors (Lipinski definition) is 0. The first-order valence-electron chi connectivity index (χ1n) is 5.64. The van der Waals surface area contributed by atoms with E-state index in [1.165, 1.54) is 23.5 Å². The van der Waals surface area contributed by atoms with Gasteiger partial charge >= 0.3 is 0 Å². The fourth-order valence-corrected chi connectivity index (χ4v) is 3.24. The van der Waals surface area contributed by atoms with Crippen LogP contribution in [0.15, 0.2) is 29.2 Å². The molecule has 0 spiro atoms. The summed E-state index contributed by atoms with van der Waals surface area (Å²) in [7, 11) is -2.07. The normalized spacial score (nSPS) is 12.4. The van der Waals surface area contributed by atoms with E-state index in [0.717, 1.165) is 0 Å². The minimum Gasteiger partial charge on any atom is -0.207 e. The molecule has 1 rings (SSSR count). The van der Waals surface area contributed by atoms with E-state index >= 15 is 0 Å². The van der Waals surface area contributed by atoms with Crippen molar-refractivity contribution in [3.05, 3.63) is 29.8 Å². The van der Waals surface area contributed by atoms with Crippen LogP contribution in [0.25, 0.3) is 0 Å². The van der Waals surface area contributed by atoms with Crippen molar-refractivity contribution in [2.24, 2.45) is 5.41 Å². The number of hydrogen-bond acceptors (Lipinski definition) is 3. The van der Waals surface area contributed by atoms with Gasteiger partial charge in [-0.3, -0.25) is 0 Å². The summed E-state index contributed by atoms with van der Waals surface area (Å²) in [6.45, 7) is 6.30. The van der Waals surface area contributed by atoms with Crippen molar-refractivity contribution in [1.29, 1.82) is 5.26 Å². The van der Waals surface area contributed by atoms with Crippen LogP contribution >= 0.6 is 0 Å². The predicted octanol–water partition coefficient (Wildman–Crippen LogP) is 2.22. The van der Waals surface area contributed by atoms with Crippen LogP contribution in [-0.4, -0.2) is 26.3 Å². The van der Waals surface area contributed by atoms with Gasteiger partial charge in [0.05, 0.1) is 10.5 Å². The van der Waals surface area contributed by atoms with Gasteiger partial charge in [-0.2, -0.15) is 5.26 Å². The van der Waals surface area contributed by atoms with Gasteiger partial charge < -0.3 is 0 Å². The average molecular weight is 266 g/mol. The Labute approximate surface area is 109 Å². The standard InChI is InChI=1S/C13H18N2O2S/c1-13(2,3)10-15(4)18(16,17)12-8-6-5-7-11(12)9-14/h5-8H,10H2,1-4H3. The zero-order valence-electron chi connectivity index (χ0n) is 11.1. The predicted molar refractivity (Wildman–Crippen MR) is 70.4 cm³/mol. The van der Waals surface area contributed by atoms with Gasteiger partial charge in [0, 0.05) is 13.6 Å². The second-order valence-corrected chi connectivity index (χ2v) is 7.44. The zero-order chi connectivity index (χ0) is 14.0. The summed E-state index contributed by atoms with van der Waals surface area (Å²) in [5.41, 5.74) is 0.0434. The van der Waals surface area contributed by atoms with E-state index in [4.69, 9.17) is 5.26 Å². The molecule has 0 aromatic heterocycles. The van der Waals surface area contributed by atoms with Gasteiger partial charge in [-0.1, -0.05) is 32.9 Å². The highest BCUT2D eigenvalue weighted by molar-refractivity contribution is 7.89. The molecule has 0 saturated heterocycles. The summed E-state index contributed by atoms with van der Waals surface area (Å²) in [5, 5.41) is 8.96. The summed E-state index contributed by atoms with van der Waals surface area (Å²) in [4.78, 5) is 0.0688. The first-order valence-corrected chi connectivity index (χ1v) is 7.08. The van der Waals surface area contributed by atoms with Crippen LogP contribution in [0.2, 0.25) is 0 Å². The Morgan fingerprint density at radius 2 is 1.83 bits per heavy atom. The number of sulfonamides is 1. The van der Waals surface area contributed by atoms with Gasteiger partial charge in [0.2, 0.25) is 10.0 Å². The van der Waals surface area contributed by atoms with Crippen molar-refractivity contribution >= 4 is 10.0 Å². The van der Waals surface area contributed by atoms with Crippen LogP contribution in [0.4, 0.5) is 0 Å².